The number of carbonyl (C=O) groups is 2. The number of para-hydroxylation sites is 2. The van der Waals surface area contributed by atoms with Gasteiger partial charge in [-0.1, -0.05) is 38.6 Å². The Labute approximate surface area is 185 Å². The number of anilines is 2. The summed E-state index contributed by atoms with van der Waals surface area (Å²) in [7, 11) is 0. The maximum absolute atomic E-state index is 12.8. The van der Waals surface area contributed by atoms with E-state index in [2.05, 4.69) is 31.1 Å². The minimum atomic E-state index is -0.207. The number of hydrogen-bond acceptors (Lipinski definition) is 4. The van der Waals surface area contributed by atoms with Gasteiger partial charge >= 0.3 is 0 Å². The van der Waals surface area contributed by atoms with Gasteiger partial charge in [-0.05, 0) is 55.7 Å². The molecule has 31 heavy (non-hydrogen) atoms. The molecule has 2 N–H and O–H groups in total. The van der Waals surface area contributed by atoms with E-state index in [0.717, 1.165) is 37.2 Å². The first kappa shape index (κ1) is 24.0. The van der Waals surface area contributed by atoms with Crippen LogP contribution in [0.2, 0.25) is 0 Å². The van der Waals surface area contributed by atoms with Gasteiger partial charge in [0.2, 0.25) is 5.91 Å². The molecule has 0 unspecified atom stereocenters. The summed E-state index contributed by atoms with van der Waals surface area (Å²) in [6.07, 6.45) is 1.84. The molecule has 0 saturated carbocycles. The lowest BCUT2D eigenvalue weighted by atomic mass is 10.1. The number of ether oxygens (including phenoxy) is 1. The normalized spacial score (nSPS) is 10.3. The Bertz CT molecular complexity index is 889. The van der Waals surface area contributed by atoms with Crippen LogP contribution >= 0.6 is 0 Å². The molecule has 2 rings (SSSR count). The van der Waals surface area contributed by atoms with Crippen LogP contribution in [0.25, 0.3) is 0 Å². The van der Waals surface area contributed by atoms with Crippen LogP contribution in [0.4, 0.5) is 11.4 Å². The molecule has 0 aliphatic rings. The van der Waals surface area contributed by atoms with Crippen molar-refractivity contribution in [3.05, 3.63) is 66.2 Å². The van der Waals surface area contributed by atoms with Crippen LogP contribution in [0.15, 0.2) is 60.7 Å². The first-order chi connectivity index (χ1) is 14.9. The van der Waals surface area contributed by atoms with Crippen LogP contribution in [-0.2, 0) is 4.79 Å². The summed E-state index contributed by atoms with van der Waals surface area (Å²) in [5.74, 6) is 0.403. The molecule has 6 heteroatoms. The quantitative estimate of drug-likeness (QED) is 0.474. The molecule has 0 aromatic heterocycles. The lowest BCUT2D eigenvalue weighted by molar-refractivity contribution is -0.114. The Kier molecular flexibility index (Phi) is 9.62. The second-order valence-electron chi connectivity index (χ2n) is 7.52. The summed E-state index contributed by atoms with van der Waals surface area (Å²) >= 11 is 0. The van der Waals surface area contributed by atoms with Crippen LogP contribution in [0.5, 0.6) is 5.75 Å². The molecule has 2 aromatic rings. The maximum Gasteiger partial charge on any atom is 0.253 e. The zero-order chi connectivity index (χ0) is 22.6. The molecule has 0 fully saturated rings. The third kappa shape index (κ3) is 7.81. The highest BCUT2D eigenvalue weighted by Crippen LogP contribution is 2.24. The predicted octanol–water partition coefficient (Wildman–Crippen LogP) is 4.95. The molecule has 0 atom stereocenters. The minimum absolute atomic E-state index is 0.0142. The van der Waals surface area contributed by atoms with Crippen molar-refractivity contribution in [1.29, 1.82) is 0 Å². The molecule has 0 aliphatic heterocycles. The van der Waals surface area contributed by atoms with Gasteiger partial charge in [-0.3, -0.25) is 9.59 Å². The van der Waals surface area contributed by atoms with E-state index in [1.165, 1.54) is 0 Å². The van der Waals surface area contributed by atoms with Crippen molar-refractivity contribution in [3.63, 3.8) is 0 Å². The number of nitrogens with zero attached hydrogens (tertiary/aromatic N) is 1. The first-order valence-corrected chi connectivity index (χ1v) is 10.7. The van der Waals surface area contributed by atoms with E-state index in [-0.39, 0.29) is 18.4 Å². The fourth-order valence-corrected chi connectivity index (χ4v) is 3.07. The smallest absolute Gasteiger partial charge is 0.253 e. The van der Waals surface area contributed by atoms with Crippen molar-refractivity contribution in [2.24, 2.45) is 0 Å². The number of hydrogen-bond donors (Lipinski definition) is 2. The van der Waals surface area contributed by atoms with E-state index in [0.29, 0.717) is 23.6 Å². The third-order valence-corrected chi connectivity index (χ3v) is 4.47. The molecule has 0 bridgehead atoms. The van der Waals surface area contributed by atoms with Gasteiger partial charge in [0.25, 0.3) is 5.91 Å². The van der Waals surface area contributed by atoms with Crippen LogP contribution < -0.4 is 15.4 Å². The molecule has 0 aliphatic carbocycles. The van der Waals surface area contributed by atoms with Gasteiger partial charge in [0, 0.05) is 24.3 Å². The summed E-state index contributed by atoms with van der Waals surface area (Å²) in [4.78, 5) is 27.1. The van der Waals surface area contributed by atoms with Crippen LogP contribution in [0, 0.1) is 0 Å². The van der Waals surface area contributed by atoms with Crippen molar-refractivity contribution in [2.45, 2.75) is 33.6 Å². The van der Waals surface area contributed by atoms with E-state index in [1.807, 2.05) is 36.1 Å². The average molecular weight is 424 g/mol. The number of amides is 2. The van der Waals surface area contributed by atoms with E-state index in [1.54, 1.807) is 24.3 Å². The molecular weight excluding hydrogens is 390 g/mol. The van der Waals surface area contributed by atoms with Crippen LogP contribution in [0.1, 0.15) is 44.0 Å². The van der Waals surface area contributed by atoms with Gasteiger partial charge in [-0.25, -0.2) is 0 Å². The average Bonchev–Trinajstić information content (AvgIpc) is 2.76. The van der Waals surface area contributed by atoms with Crippen molar-refractivity contribution in [3.8, 4) is 5.75 Å². The van der Waals surface area contributed by atoms with Crippen molar-refractivity contribution >= 4 is 23.2 Å². The Balaban J connectivity index is 1.98. The second kappa shape index (κ2) is 12.4. The zero-order valence-corrected chi connectivity index (χ0v) is 18.7. The van der Waals surface area contributed by atoms with Gasteiger partial charge in [0.15, 0.2) is 0 Å². The summed E-state index contributed by atoms with van der Waals surface area (Å²) in [5.41, 5.74) is 2.84. The van der Waals surface area contributed by atoms with Gasteiger partial charge in [-0.15, -0.1) is 0 Å². The standard InChI is InChI=1S/C25H33N3O3/c1-5-14-28(15-6-2)25(30)20-10-9-11-21(16-20)26-17-24(29)27-22-12-7-8-13-23(22)31-18-19(3)4/h7-13,16,26H,3,5-6,14-15,17-18H2,1-2,4H3,(H,27,29). The Morgan fingerprint density at radius 2 is 1.74 bits per heavy atom. The predicted molar refractivity (Wildman–Crippen MR) is 127 cm³/mol. The Morgan fingerprint density at radius 1 is 1.03 bits per heavy atom. The van der Waals surface area contributed by atoms with Crippen molar-refractivity contribution < 1.29 is 14.3 Å². The number of carbonyl (C=O) groups excluding carboxylic acids is 2. The minimum Gasteiger partial charge on any atom is -0.487 e. The summed E-state index contributed by atoms with van der Waals surface area (Å²) in [6.45, 7) is 11.8. The fourth-order valence-electron chi connectivity index (χ4n) is 3.07. The van der Waals surface area contributed by atoms with E-state index < -0.39 is 0 Å². The second-order valence-corrected chi connectivity index (χ2v) is 7.52. The molecule has 166 valence electrons. The number of benzene rings is 2. The lowest BCUT2D eigenvalue weighted by Gasteiger charge is -2.21. The van der Waals surface area contributed by atoms with Gasteiger partial charge in [0.1, 0.15) is 12.4 Å². The Morgan fingerprint density at radius 3 is 2.42 bits per heavy atom. The highest BCUT2D eigenvalue weighted by Gasteiger charge is 2.15. The zero-order valence-electron chi connectivity index (χ0n) is 18.7. The summed E-state index contributed by atoms with van der Waals surface area (Å²) in [5, 5.41) is 5.96. The molecule has 2 aromatic carbocycles. The number of rotatable bonds is 12. The van der Waals surface area contributed by atoms with Crippen LogP contribution in [0.3, 0.4) is 0 Å². The summed E-state index contributed by atoms with van der Waals surface area (Å²) in [6, 6.07) is 14.6. The Hall–Kier alpha value is -3.28. The topological polar surface area (TPSA) is 70.7 Å². The molecule has 0 heterocycles. The maximum atomic E-state index is 12.8. The first-order valence-electron chi connectivity index (χ1n) is 10.7. The van der Waals surface area contributed by atoms with Crippen molar-refractivity contribution in [2.75, 3.05) is 36.9 Å². The van der Waals surface area contributed by atoms with Crippen LogP contribution in [-0.4, -0.2) is 43.0 Å². The van der Waals surface area contributed by atoms with Crippen molar-refractivity contribution in [1.82, 2.24) is 4.90 Å². The molecule has 0 radical (unpaired) electrons. The third-order valence-electron chi connectivity index (χ3n) is 4.47. The summed E-state index contributed by atoms with van der Waals surface area (Å²) < 4.78 is 5.69. The highest BCUT2D eigenvalue weighted by atomic mass is 16.5. The molecule has 6 nitrogen and oxygen atoms in total. The lowest BCUT2D eigenvalue weighted by Crippen LogP contribution is -2.32. The van der Waals surface area contributed by atoms with Gasteiger partial charge in [-0.2, -0.15) is 0 Å². The molecule has 0 spiro atoms. The molecule has 2 amide bonds. The number of nitrogens with one attached hydrogen (secondary N) is 2. The van der Waals surface area contributed by atoms with Gasteiger partial charge < -0.3 is 20.3 Å². The van der Waals surface area contributed by atoms with E-state index >= 15 is 0 Å². The van der Waals surface area contributed by atoms with E-state index in [9.17, 15) is 9.59 Å². The SMILES string of the molecule is C=C(C)COc1ccccc1NC(=O)CNc1cccc(C(=O)N(CCC)CCC)c1. The van der Waals surface area contributed by atoms with Gasteiger partial charge in [0.05, 0.1) is 12.2 Å². The fraction of sp³-hybridized carbons (Fsp3) is 0.360. The highest BCUT2D eigenvalue weighted by molar-refractivity contribution is 5.96. The largest absolute Gasteiger partial charge is 0.487 e. The monoisotopic (exact) mass is 423 g/mol. The van der Waals surface area contributed by atoms with E-state index in [4.69, 9.17) is 4.74 Å². The molecule has 0 saturated heterocycles. The molecular formula is C25H33N3O3.